The summed E-state index contributed by atoms with van der Waals surface area (Å²) in [6, 6.07) is 2.17. The minimum atomic E-state index is -0.833. The van der Waals surface area contributed by atoms with E-state index in [4.69, 9.17) is 20.9 Å². The van der Waals surface area contributed by atoms with Gasteiger partial charge in [-0.25, -0.2) is 0 Å². The van der Waals surface area contributed by atoms with Crippen molar-refractivity contribution < 1.29 is 9.90 Å². The van der Waals surface area contributed by atoms with Crippen LogP contribution >= 0.6 is 11.8 Å². The zero-order chi connectivity index (χ0) is 12.7. The summed E-state index contributed by atoms with van der Waals surface area (Å²) in [5.41, 5.74) is 7.27. The van der Waals surface area contributed by atoms with Crippen molar-refractivity contribution in [1.29, 1.82) is 5.26 Å². The first-order valence-corrected chi connectivity index (χ1v) is 7.46. The van der Waals surface area contributed by atoms with Crippen LogP contribution < -0.4 is 5.73 Å². The van der Waals surface area contributed by atoms with E-state index in [1.165, 1.54) is 8.21 Å². The molecule has 1 heterocycles. The summed E-state index contributed by atoms with van der Waals surface area (Å²) in [6.07, 6.45) is 2.97. The molecule has 0 radical (unpaired) electrons. The Balaban J connectivity index is 0.000000487. The summed E-state index contributed by atoms with van der Waals surface area (Å²) in [5, 5.41) is 16.2. The molecule has 1 rings (SSSR count). The van der Waals surface area contributed by atoms with Crippen LogP contribution in [0.4, 0.5) is 5.69 Å². The number of aliphatic carboxylic acids is 1. The van der Waals surface area contributed by atoms with Crippen molar-refractivity contribution in [3.8, 4) is 6.07 Å². The molecule has 0 aromatic carbocycles. The summed E-state index contributed by atoms with van der Waals surface area (Å²) in [7, 11) is 0. The number of hydrogen-bond acceptors (Lipinski definition) is 4. The quantitative estimate of drug-likeness (QED) is 0.640. The second-order valence-electron chi connectivity index (χ2n) is 2.79. The van der Waals surface area contributed by atoms with Crippen LogP contribution in [0, 0.1) is 11.3 Å². The minimum absolute atomic E-state index is 0.323. The van der Waals surface area contributed by atoms with Crippen molar-refractivity contribution in [2.45, 2.75) is 24.0 Å². The average molecular weight is 305 g/mol. The van der Waals surface area contributed by atoms with Crippen LogP contribution in [0.15, 0.2) is 3.77 Å². The normalized spacial score (nSPS) is 8.88. The fourth-order valence-corrected chi connectivity index (χ4v) is 4.23. The van der Waals surface area contributed by atoms with Crippen LogP contribution in [0.25, 0.3) is 0 Å². The molecule has 0 aliphatic rings. The molecule has 0 fully saturated rings. The van der Waals surface area contributed by atoms with E-state index in [-0.39, 0.29) is 0 Å². The number of nitrogen functional groups attached to an aromatic ring is 1. The van der Waals surface area contributed by atoms with Gasteiger partial charge in [0.15, 0.2) is 0 Å². The van der Waals surface area contributed by atoms with Crippen molar-refractivity contribution in [2.75, 3.05) is 12.0 Å². The van der Waals surface area contributed by atoms with Gasteiger partial charge in [-0.15, -0.1) is 0 Å². The van der Waals surface area contributed by atoms with Crippen molar-refractivity contribution >= 4 is 37.9 Å². The van der Waals surface area contributed by atoms with Crippen molar-refractivity contribution in [2.24, 2.45) is 0 Å². The fraction of sp³-hybridized carbons (Fsp3) is 0.400. The Labute approximate surface area is 105 Å². The van der Waals surface area contributed by atoms with Gasteiger partial charge in [0.25, 0.3) is 5.97 Å². The van der Waals surface area contributed by atoms with Crippen LogP contribution in [-0.4, -0.2) is 31.8 Å². The van der Waals surface area contributed by atoms with Gasteiger partial charge < -0.3 is 5.11 Å². The summed E-state index contributed by atoms with van der Waals surface area (Å²) >= 11 is 1.97. The van der Waals surface area contributed by atoms with E-state index in [9.17, 15) is 0 Å². The maximum absolute atomic E-state index is 9.00. The number of carboxylic acid groups (broad SMARTS) is 1. The van der Waals surface area contributed by atoms with Crippen molar-refractivity contribution in [1.82, 2.24) is 0 Å². The summed E-state index contributed by atoms with van der Waals surface area (Å²) < 4.78 is 2.45. The molecule has 3 N–H and O–H groups in total. The van der Waals surface area contributed by atoms with E-state index >= 15 is 0 Å². The van der Waals surface area contributed by atoms with E-state index in [1.807, 2.05) is 6.26 Å². The van der Waals surface area contributed by atoms with E-state index in [2.05, 4.69) is 13.0 Å². The van der Waals surface area contributed by atoms with Crippen LogP contribution in [0.3, 0.4) is 0 Å². The van der Waals surface area contributed by atoms with Gasteiger partial charge in [0.05, 0.1) is 0 Å². The maximum atomic E-state index is 9.00. The topological polar surface area (TPSA) is 87.1 Å². The number of anilines is 1. The molecule has 1 aromatic rings. The van der Waals surface area contributed by atoms with Crippen molar-refractivity contribution in [3.05, 3.63) is 10.0 Å². The molecule has 0 aliphatic heterocycles. The molecular formula is C10H14N2O2SSe. The number of nitrogens with zero attached hydrogens (tertiary/aromatic N) is 1. The standard InChI is InChI=1S/C8H10N2SSe.C2H4O2/c1-3-6-7(10)5(4-9)8(11-2)12-6;1-2(3)4/h3,10H2,1-2H3;1H3,(H,3,4). The third-order valence-corrected chi connectivity index (χ3v) is 6.07. The van der Waals surface area contributed by atoms with Gasteiger partial charge in [-0.2, -0.15) is 0 Å². The predicted octanol–water partition coefficient (Wildman–Crippen LogP) is 1.57. The second-order valence-corrected chi connectivity index (χ2v) is 6.51. The van der Waals surface area contributed by atoms with Gasteiger partial charge in [0.1, 0.15) is 0 Å². The number of hydrogen-bond donors (Lipinski definition) is 2. The van der Waals surface area contributed by atoms with Crippen molar-refractivity contribution in [3.63, 3.8) is 0 Å². The molecule has 4 nitrogen and oxygen atoms in total. The second kappa shape index (κ2) is 7.39. The van der Waals surface area contributed by atoms with Gasteiger partial charge >= 0.3 is 82.4 Å². The molecule has 6 heteroatoms. The molecule has 16 heavy (non-hydrogen) atoms. The van der Waals surface area contributed by atoms with Crippen LogP contribution in [0.5, 0.6) is 0 Å². The molecule has 0 saturated carbocycles. The van der Waals surface area contributed by atoms with Crippen LogP contribution in [0.2, 0.25) is 0 Å². The molecular weight excluding hydrogens is 291 g/mol. The average Bonchev–Trinajstić information content (AvgIpc) is 2.53. The zero-order valence-electron chi connectivity index (χ0n) is 9.40. The Bertz CT molecular complexity index is 406. The molecule has 1 aromatic heterocycles. The van der Waals surface area contributed by atoms with Gasteiger partial charge in [-0.1, -0.05) is 0 Å². The summed E-state index contributed by atoms with van der Waals surface area (Å²) in [6.45, 7) is 3.17. The number of carboxylic acids is 1. The molecule has 0 spiro atoms. The van der Waals surface area contributed by atoms with Crippen LogP contribution in [0.1, 0.15) is 23.8 Å². The Morgan fingerprint density at radius 2 is 2.19 bits per heavy atom. The molecule has 0 saturated heterocycles. The SMILES string of the molecule is CC(=O)O.CCc1[se]c(SC)c(C#N)c1N. The van der Waals surface area contributed by atoms with Gasteiger partial charge in [-0.05, 0) is 0 Å². The summed E-state index contributed by atoms with van der Waals surface area (Å²) in [5.74, 6) is -0.833. The third-order valence-electron chi connectivity index (χ3n) is 1.61. The van der Waals surface area contributed by atoms with E-state index < -0.39 is 5.97 Å². The Kier molecular flexibility index (Phi) is 6.98. The zero-order valence-corrected chi connectivity index (χ0v) is 11.9. The molecule has 0 unspecified atom stereocenters. The Morgan fingerprint density at radius 3 is 2.44 bits per heavy atom. The molecule has 0 atom stereocenters. The first-order valence-electron chi connectivity index (χ1n) is 4.52. The van der Waals surface area contributed by atoms with Gasteiger partial charge in [-0.3, -0.25) is 4.79 Å². The Morgan fingerprint density at radius 1 is 1.69 bits per heavy atom. The Hall–Kier alpha value is -0.891. The number of nitrogens with two attached hydrogens (primary N) is 1. The first kappa shape index (κ1) is 15.1. The van der Waals surface area contributed by atoms with E-state index in [1.54, 1.807) is 11.8 Å². The molecule has 0 bridgehead atoms. The number of nitriles is 1. The number of thioether (sulfide) groups is 1. The number of aryl methyl sites for hydroxylation is 1. The van der Waals surface area contributed by atoms with E-state index in [0.29, 0.717) is 14.5 Å². The molecule has 0 amide bonds. The molecule has 0 aliphatic carbocycles. The number of rotatable bonds is 2. The molecule has 88 valence electrons. The fourth-order valence-electron chi connectivity index (χ4n) is 0.979. The number of carbonyl (C=O) groups is 1. The van der Waals surface area contributed by atoms with Crippen LogP contribution in [-0.2, 0) is 11.2 Å². The van der Waals surface area contributed by atoms with E-state index in [0.717, 1.165) is 24.6 Å². The van der Waals surface area contributed by atoms with Gasteiger partial charge in [0, 0.05) is 6.92 Å². The third kappa shape index (κ3) is 4.31. The predicted molar refractivity (Wildman–Crippen MR) is 67.0 cm³/mol. The first-order chi connectivity index (χ1) is 7.47. The monoisotopic (exact) mass is 306 g/mol. The van der Waals surface area contributed by atoms with Gasteiger partial charge in [0.2, 0.25) is 0 Å². The summed E-state index contributed by atoms with van der Waals surface area (Å²) in [4.78, 5) is 9.00.